The molecule has 1 saturated heterocycles. The molecule has 20 heavy (non-hydrogen) atoms. The summed E-state index contributed by atoms with van der Waals surface area (Å²) in [5.74, 6) is -0.122. The molecule has 1 aliphatic heterocycles. The Labute approximate surface area is 123 Å². The first-order valence-electron chi connectivity index (χ1n) is 6.61. The SMILES string of the molecule is CC(C(=O)Nc1ccccc1C(N)=S)N1CCC(O)C1. The molecule has 0 bridgehead atoms. The smallest absolute Gasteiger partial charge is 0.241 e. The van der Waals surface area contributed by atoms with Crippen molar-refractivity contribution in [2.45, 2.75) is 25.5 Å². The predicted octanol–water partition coefficient (Wildman–Crippen LogP) is 0.714. The zero-order chi connectivity index (χ0) is 14.7. The summed E-state index contributed by atoms with van der Waals surface area (Å²) < 4.78 is 0. The van der Waals surface area contributed by atoms with Gasteiger partial charge in [-0.15, -0.1) is 0 Å². The number of carbonyl (C=O) groups is 1. The topological polar surface area (TPSA) is 78.6 Å². The summed E-state index contributed by atoms with van der Waals surface area (Å²) in [7, 11) is 0. The fraction of sp³-hybridized carbons (Fsp3) is 0.429. The lowest BCUT2D eigenvalue weighted by Crippen LogP contribution is -2.41. The van der Waals surface area contributed by atoms with Crippen LogP contribution in [0.15, 0.2) is 24.3 Å². The number of anilines is 1. The minimum Gasteiger partial charge on any atom is -0.392 e. The number of nitrogens with two attached hydrogens (primary N) is 1. The second-order valence-corrected chi connectivity index (χ2v) is 5.45. The predicted molar refractivity (Wildman–Crippen MR) is 82.6 cm³/mol. The largest absolute Gasteiger partial charge is 0.392 e. The first-order chi connectivity index (χ1) is 9.49. The number of para-hydroxylation sites is 1. The number of thiocarbonyl (C=S) groups is 1. The summed E-state index contributed by atoms with van der Waals surface area (Å²) in [6.45, 7) is 3.09. The Kier molecular flexibility index (Phi) is 4.69. The lowest BCUT2D eigenvalue weighted by atomic mass is 10.1. The van der Waals surface area contributed by atoms with E-state index in [0.717, 1.165) is 6.54 Å². The standard InChI is InChI=1S/C14H19N3O2S/c1-9(17-7-6-10(18)8-17)14(19)16-12-5-3-2-4-11(12)13(15)20/h2-5,9-10,18H,6-8H2,1H3,(H2,15,20)(H,16,19). The molecule has 1 fully saturated rings. The van der Waals surface area contributed by atoms with Crippen LogP contribution in [0.5, 0.6) is 0 Å². The van der Waals surface area contributed by atoms with Gasteiger partial charge in [-0.25, -0.2) is 0 Å². The van der Waals surface area contributed by atoms with Crippen molar-refractivity contribution in [1.29, 1.82) is 0 Å². The molecule has 1 heterocycles. The number of aliphatic hydroxyl groups excluding tert-OH is 1. The molecule has 0 aromatic heterocycles. The van der Waals surface area contributed by atoms with Gasteiger partial charge in [-0.3, -0.25) is 9.69 Å². The van der Waals surface area contributed by atoms with E-state index >= 15 is 0 Å². The lowest BCUT2D eigenvalue weighted by Gasteiger charge is -2.23. The van der Waals surface area contributed by atoms with Gasteiger partial charge in [0.05, 0.1) is 17.8 Å². The number of nitrogens with zero attached hydrogens (tertiary/aromatic N) is 1. The number of β-amino-alcohol motifs (C(OH)–C–C–N with tert-alkyl or cyclic N) is 1. The molecule has 2 unspecified atom stereocenters. The van der Waals surface area contributed by atoms with Crippen LogP contribution in [0, 0.1) is 0 Å². The Morgan fingerprint density at radius 2 is 2.25 bits per heavy atom. The fourth-order valence-corrected chi connectivity index (χ4v) is 2.51. The van der Waals surface area contributed by atoms with Crippen LogP contribution >= 0.6 is 12.2 Å². The molecular formula is C14H19N3O2S. The molecule has 1 aromatic carbocycles. The van der Waals surface area contributed by atoms with Crippen LogP contribution in [-0.4, -0.2) is 46.1 Å². The van der Waals surface area contributed by atoms with Gasteiger partial charge in [0.25, 0.3) is 0 Å². The van der Waals surface area contributed by atoms with Crippen LogP contribution in [-0.2, 0) is 4.79 Å². The number of likely N-dealkylation sites (tertiary alicyclic amines) is 1. The van der Waals surface area contributed by atoms with Gasteiger partial charge in [-0.05, 0) is 25.5 Å². The highest BCUT2D eigenvalue weighted by atomic mass is 32.1. The van der Waals surface area contributed by atoms with Crippen molar-refractivity contribution in [2.24, 2.45) is 5.73 Å². The average molecular weight is 293 g/mol. The third-order valence-corrected chi connectivity index (χ3v) is 3.79. The van der Waals surface area contributed by atoms with Crippen LogP contribution < -0.4 is 11.1 Å². The minimum atomic E-state index is -0.339. The number of hydrogen-bond acceptors (Lipinski definition) is 4. The molecule has 5 nitrogen and oxygen atoms in total. The number of amides is 1. The molecule has 0 spiro atoms. The maximum atomic E-state index is 12.3. The number of nitrogens with one attached hydrogen (secondary N) is 1. The van der Waals surface area contributed by atoms with E-state index in [0.29, 0.717) is 24.2 Å². The zero-order valence-corrected chi connectivity index (χ0v) is 12.2. The van der Waals surface area contributed by atoms with Gasteiger partial charge in [0.1, 0.15) is 4.99 Å². The zero-order valence-electron chi connectivity index (χ0n) is 11.4. The Balaban J connectivity index is 2.06. The van der Waals surface area contributed by atoms with Gasteiger partial charge < -0.3 is 16.2 Å². The molecule has 0 saturated carbocycles. The Morgan fingerprint density at radius 1 is 1.55 bits per heavy atom. The van der Waals surface area contributed by atoms with E-state index in [1.54, 1.807) is 12.1 Å². The molecule has 4 N–H and O–H groups in total. The molecule has 1 amide bonds. The first kappa shape index (κ1) is 14.9. The monoisotopic (exact) mass is 293 g/mol. The summed E-state index contributed by atoms with van der Waals surface area (Å²) in [5, 5.41) is 12.4. The lowest BCUT2D eigenvalue weighted by molar-refractivity contribution is -0.120. The van der Waals surface area contributed by atoms with Crippen molar-refractivity contribution in [3.63, 3.8) is 0 Å². The average Bonchev–Trinajstić information content (AvgIpc) is 2.84. The van der Waals surface area contributed by atoms with Crippen molar-refractivity contribution >= 4 is 28.8 Å². The summed E-state index contributed by atoms with van der Waals surface area (Å²) in [6.07, 6.45) is 0.371. The Morgan fingerprint density at radius 3 is 2.85 bits per heavy atom. The minimum absolute atomic E-state index is 0.122. The number of hydrogen-bond donors (Lipinski definition) is 3. The van der Waals surface area contributed by atoms with E-state index in [-0.39, 0.29) is 23.0 Å². The van der Waals surface area contributed by atoms with Crippen LogP contribution in [0.25, 0.3) is 0 Å². The van der Waals surface area contributed by atoms with E-state index in [1.807, 2.05) is 24.0 Å². The van der Waals surface area contributed by atoms with Crippen LogP contribution in [0.4, 0.5) is 5.69 Å². The van der Waals surface area contributed by atoms with Crippen molar-refractivity contribution in [1.82, 2.24) is 4.90 Å². The molecule has 6 heteroatoms. The normalized spacial score (nSPS) is 20.6. The number of rotatable bonds is 4. The number of aliphatic hydroxyl groups is 1. The molecular weight excluding hydrogens is 274 g/mol. The Hall–Kier alpha value is -1.50. The number of benzene rings is 1. The van der Waals surface area contributed by atoms with E-state index < -0.39 is 0 Å². The van der Waals surface area contributed by atoms with Crippen molar-refractivity contribution in [3.05, 3.63) is 29.8 Å². The maximum absolute atomic E-state index is 12.3. The summed E-state index contributed by atoms with van der Waals surface area (Å²) in [6, 6.07) is 6.90. The third-order valence-electron chi connectivity index (χ3n) is 3.57. The molecule has 2 atom stereocenters. The summed E-state index contributed by atoms with van der Waals surface area (Å²) in [5.41, 5.74) is 6.92. The van der Waals surface area contributed by atoms with Gasteiger partial charge in [-0.2, -0.15) is 0 Å². The molecule has 108 valence electrons. The second-order valence-electron chi connectivity index (χ2n) is 5.01. The Bertz CT molecular complexity index is 521. The highest BCUT2D eigenvalue weighted by Gasteiger charge is 2.28. The van der Waals surface area contributed by atoms with Crippen molar-refractivity contribution in [2.75, 3.05) is 18.4 Å². The van der Waals surface area contributed by atoms with Crippen LogP contribution in [0.3, 0.4) is 0 Å². The third kappa shape index (κ3) is 3.33. The summed E-state index contributed by atoms with van der Waals surface area (Å²) in [4.78, 5) is 14.5. The molecule has 1 aromatic rings. The highest BCUT2D eigenvalue weighted by molar-refractivity contribution is 7.80. The highest BCUT2D eigenvalue weighted by Crippen LogP contribution is 2.17. The van der Waals surface area contributed by atoms with E-state index in [1.165, 1.54) is 0 Å². The van der Waals surface area contributed by atoms with E-state index in [9.17, 15) is 9.90 Å². The van der Waals surface area contributed by atoms with E-state index in [2.05, 4.69) is 5.32 Å². The van der Waals surface area contributed by atoms with Gasteiger partial charge >= 0.3 is 0 Å². The van der Waals surface area contributed by atoms with Gasteiger partial charge in [-0.1, -0.05) is 24.4 Å². The van der Waals surface area contributed by atoms with Crippen molar-refractivity contribution < 1.29 is 9.90 Å². The maximum Gasteiger partial charge on any atom is 0.241 e. The van der Waals surface area contributed by atoms with Gasteiger partial charge in [0, 0.05) is 18.7 Å². The fourth-order valence-electron chi connectivity index (χ4n) is 2.33. The van der Waals surface area contributed by atoms with Crippen molar-refractivity contribution in [3.8, 4) is 0 Å². The molecule has 0 radical (unpaired) electrons. The second kappa shape index (κ2) is 6.30. The van der Waals surface area contributed by atoms with Gasteiger partial charge in [0.15, 0.2) is 0 Å². The quantitative estimate of drug-likeness (QED) is 0.713. The molecule has 0 aliphatic carbocycles. The van der Waals surface area contributed by atoms with Crippen LogP contribution in [0.2, 0.25) is 0 Å². The van der Waals surface area contributed by atoms with E-state index in [4.69, 9.17) is 18.0 Å². The molecule has 1 aliphatic rings. The summed E-state index contributed by atoms with van der Waals surface area (Å²) >= 11 is 4.97. The first-order valence-corrected chi connectivity index (χ1v) is 7.01. The molecule has 2 rings (SSSR count). The number of carbonyl (C=O) groups excluding carboxylic acids is 1. The van der Waals surface area contributed by atoms with Crippen LogP contribution in [0.1, 0.15) is 18.9 Å². The van der Waals surface area contributed by atoms with Gasteiger partial charge in [0.2, 0.25) is 5.91 Å².